The predicted octanol–water partition coefficient (Wildman–Crippen LogP) is 1.32. The van der Waals surface area contributed by atoms with E-state index in [9.17, 15) is 19.8 Å². The molecule has 0 rings (SSSR count). The van der Waals surface area contributed by atoms with Crippen molar-refractivity contribution in [3.05, 3.63) is 26.7 Å². The molecule has 0 saturated carbocycles. The fraction of sp³-hybridized carbons (Fsp3) is 0.625. The SMILES string of the molecule is CCC(=CC(C=O)N=O)C(C)[N+](=O)[O-]. The molecule has 2 atom stereocenters. The van der Waals surface area contributed by atoms with Crippen molar-refractivity contribution in [3.8, 4) is 0 Å². The molecular weight excluding hydrogens is 188 g/mol. The zero-order valence-electron chi connectivity index (χ0n) is 8.04. The highest BCUT2D eigenvalue weighted by molar-refractivity contribution is 5.61. The molecule has 0 spiro atoms. The molecule has 0 N–H and O–H groups in total. The lowest BCUT2D eigenvalue weighted by Gasteiger charge is -2.06. The number of carbonyl (C=O) groups excluding carboxylic acids is 1. The summed E-state index contributed by atoms with van der Waals surface area (Å²) in [5.74, 6) is 0. The van der Waals surface area contributed by atoms with E-state index in [1.54, 1.807) is 6.92 Å². The number of rotatable bonds is 6. The molecule has 14 heavy (non-hydrogen) atoms. The molecule has 0 bridgehead atoms. The summed E-state index contributed by atoms with van der Waals surface area (Å²) in [5.41, 5.74) is 0.437. The maximum absolute atomic E-state index is 10.4. The van der Waals surface area contributed by atoms with E-state index in [-0.39, 0.29) is 0 Å². The topological polar surface area (TPSA) is 89.6 Å². The van der Waals surface area contributed by atoms with Crippen molar-refractivity contribution in [1.29, 1.82) is 0 Å². The van der Waals surface area contributed by atoms with Gasteiger partial charge in [0.25, 0.3) is 0 Å². The molecule has 0 heterocycles. The summed E-state index contributed by atoms with van der Waals surface area (Å²) in [5, 5.41) is 12.9. The fourth-order valence-corrected chi connectivity index (χ4v) is 1.00. The van der Waals surface area contributed by atoms with Crippen LogP contribution in [0.4, 0.5) is 0 Å². The second-order valence-electron chi connectivity index (χ2n) is 2.79. The highest BCUT2D eigenvalue weighted by atomic mass is 16.6. The van der Waals surface area contributed by atoms with Gasteiger partial charge in [-0.3, -0.25) is 10.1 Å². The van der Waals surface area contributed by atoms with Crippen LogP contribution in [0.15, 0.2) is 16.8 Å². The maximum Gasteiger partial charge on any atom is 0.231 e. The Labute approximate surface area is 81.1 Å². The summed E-state index contributed by atoms with van der Waals surface area (Å²) in [4.78, 5) is 30.3. The average Bonchev–Trinajstić information content (AvgIpc) is 2.19. The summed E-state index contributed by atoms with van der Waals surface area (Å²) in [6, 6.07) is -2.00. The highest BCUT2D eigenvalue weighted by Gasteiger charge is 2.19. The minimum atomic E-state index is -1.12. The molecule has 0 aliphatic carbocycles. The van der Waals surface area contributed by atoms with E-state index in [1.165, 1.54) is 13.0 Å². The lowest BCUT2D eigenvalue weighted by Crippen LogP contribution is -2.19. The lowest BCUT2D eigenvalue weighted by atomic mass is 10.0. The van der Waals surface area contributed by atoms with Crippen molar-refractivity contribution in [2.45, 2.75) is 32.4 Å². The van der Waals surface area contributed by atoms with Crippen LogP contribution < -0.4 is 0 Å². The Morgan fingerprint density at radius 3 is 2.50 bits per heavy atom. The van der Waals surface area contributed by atoms with Crippen LogP contribution >= 0.6 is 0 Å². The molecule has 0 aliphatic rings. The normalized spacial score (nSPS) is 15.7. The summed E-state index contributed by atoms with van der Waals surface area (Å²) >= 11 is 0. The molecule has 0 aromatic rings. The van der Waals surface area contributed by atoms with Crippen LogP contribution in [0.3, 0.4) is 0 Å². The lowest BCUT2D eigenvalue weighted by molar-refractivity contribution is -0.508. The standard InChI is InChI=1S/C8H12N2O4/c1-3-7(6(2)10(13)14)4-8(5-11)9-12/h4-6,8H,3H2,1-2H3. The average molecular weight is 200 g/mol. The monoisotopic (exact) mass is 200 g/mol. The van der Waals surface area contributed by atoms with Gasteiger partial charge in [-0.15, -0.1) is 4.91 Å². The van der Waals surface area contributed by atoms with Crippen molar-refractivity contribution in [2.24, 2.45) is 5.18 Å². The first-order chi connectivity index (χ1) is 6.56. The number of aldehydes is 1. The van der Waals surface area contributed by atoms with Crippen molar-refractivity contribution in [2.75, 3.05) is 0 Å². The Hall–Kier alpha value is -1.59. The first-order valence-electron chi connectivity index (χ1n) is 4.18. The van der Waals surface area contributed by atoms with Gasteiger partial charge in [0.2, 0.25) is 6.04 Å². The van der Waals surface area contributed by atoms with Crippen LogP contribution in [0.5, 0.6) is 0 Å². The summed E-state index contributed by atoms with van der Waals surface area (Å²) in [7, 11) is 0. The molecule has 6 nitrogen and oxygen atoms in total. The second-order valence-corrected chi connectivity index (χ2v) is 2.79. The number of carbonyl (C=O) groups is 1. The quantitative estimate of drug-likeness (QED) is 0.212. The van der Waals surface area contributed by atoms with Crippen LogP contribution in [0, 0.1) is 15.0 Å². The molecule has 0 saturated heterocycles. The summed E-state index contributed by atoms with van der Waals surface area (Å²) in [6.45, 7) is 3.13. The van der Waals surface area contributed by atoms with Crippen molar-refractivity contribution in [3.63, 3.8) is 0 Å². The molecule has 2 unspecified atom stereocenters. The van der Waals surface area contributed by atoms with Crippen molar-refractivity contribution < 1.29 is 9.72 Å². The molecule has 0 fully saturated rings. The molecule has 0 aromatic carbocycles. The van der Waals surface area contributed by atoms with E-state index >= 15 is 0 Å². The highest BCUT2D eigenvalue weighted by Crippen LogP contribution is 2.11. The minimum absolute atomic E-state index is 0.356. The Kier molecular flexibility index (Phi) is 5.28. The third kappa shape index (κ3) is 3.42. The smallest absolute Gasteiger partial charge is 0.231 e. The zero-order valence-corrected chi connectivity index (χ0v) is 8.04. The van der Waals surface area contributed by atoms with Crippen LogP contribution in [-0.2, 0) is 4.79 Å². The van der Waals surface area contributed by atoms with Gasteiger partial charge in [0.15, 0.2) is 12.3 Å². The van der Waals surface area contributed by atoms with E-state index in [4.69, 9.17) is 0 Å². The third-order valence-corrected chi connectivity index (χ3v) is 1.91. The van der Waals surface area contributed by atoms with E-state index in [0.29, 0.717) is 18.3 Å². The molecule has 0 amide bonds. The van der Waals surface area contributed by atoms with Gasteiger partial charge < -0.3 is 4.79 Å². The van der Waals surface area contributed by atoms with Crippen molar-refractivity contribution in [1.82, 2.24) is 0 Å². The number of nitrogens with zero attached hydrogens (tertiary/aromatic N) is 2. The Bertz CT molecular complexity index is 254. The summed E-state index contributed by atoms with van der Waals surface area (Å²) < 4.78 is 0. The van der Waals surface area contributed by atoms with Gasteiger partial charge in [-0.1, -0.05) is 12.1 Å². The first-order valence-corrected chi connectivity index (χ1v) is 4.18. The third-order valence-electron chi connectivity index (χ3n) is 1.91. The number of nitroso groups, excluding NO2 is 1. The molecule has 0 radical (unpaired) electrons. The number of hydrogen-bond donors (Lipinski definition) is 0. The largest absolute Gasteiger partial charge is 0.300 e. The van der Waals surface area contributed by atoms with Gasteiger partial charge in [0, 0.05) is 17.4 Å². The van der Waals surface area contributed by atoms with Crippen LogP contribution in [0.2, 0.25) is 0 Å². The molecule has 6 heteroatoms. The maximum atomic E-state index is 10.4. The van der Waals surface area contributed by atoms with E-state index in [1.807, 2.05) is 0 Å². The molecule has 78 valence electrons. The molecule has 0 aromatic heterocycles. The van der Waals surface area contributed by atoms with Gasteiger partial charge in [-0.25, -0.2) is 0 Å². The Balaban J connectivity index is 4.76. The van der Waals surface area contributed by atoms with E-state index in [0.717, 1.165) is 0 Å². The van der Waals surface area contributed by atoms with Crippen molar-refractivity contribution >= 4 is 6.29 Å². The molecular formula is C8H12N2O4. The van der Waals surface area contributed by atoms with Crippen LogP contribution in [0.25, 0.3) is 0 Å². The first kappa shape index (κ1) is 12.4. The Morgan fingerprint density at radius 1 is 1.64 bits per heavy atom. The summed E-state index contributed by atoms with van der Waals surface area (Å²) in [6.07, 6.45) is 2.02. The van der Waals surface area contributed by atoms with Crippen LogP contribution in [-0.4, -0.2) is 23.3 Å². The predicted molar refractivity (Wildman–Crippen MR) is 50.5 cm³/mol. The second kappa shape index (κ2) is 5.95. The number of nitro groups is 1. The minimum Gasteiger partial charge on any atom is -0.300 e. The zero-order chi connectivity index (χ0) is 11.1. The van der Waals surface area contributed by atoms with E-state index in [2.05, 4.69) is 5.18 Å². The molecule has 0 aliphatic heterocycles. The Morgan fingerprint density at radius 2 is 2.21 bits per heavy atom. The van der Waals surface area contributed by atoms with Gasteiger partial charge in [-0.2, -0.15) is 0 Å². The fourth-order valence-electron chi connectivity index (χ4n) is 1.00. The van der Waals surface area contributed by atoms with Gasteiger partial charge >= 0.3 is 0 Å². The van der Waals surface area contributed by atoms with Gasteiger partial charge in [-0.05, 0) is 12.5 Å². The van der Waals surface area contributed by atoms with Gasteiger partial charge in [0.05, 0.1) is 0 Å². The number of hydrogen-bond acceptors (Lipinski definition) is 5. The van der Waals surface area contributed by atoms with Crippen LogP contribution in [0.1, 0.15) is 20.3 Å². The van der Waals surface area contributed by atoms with E-state index < -0.39 is 17.0 Å². The van der Waals surface area contributed by atoms with Gasteiger partial charge in [0.1, 0.15) is 0 Å².